The second kappa shape index (κ2) is 14.0. The standard InChI is InChI=1S/C19H28F2N4O3.HI/c1-6-27-15-9-7-8-14(17(15)28-18(20)21)11-23-19(22-10-13(2)3)24-12-16(26)25(4)5;/h7-9,18H,2,6,10-12H2,1,3-5H3,(H2,22,23,24);1H. The van der Waals surface area contributed by atoms with E-state index >= 15 is 0 Å². The van der Waals surface area contributed by atoms with Crippen molar-refractivity contribution in [1.82, 2.24) is 15.5 Å². The summed E-state index contributed by atoms with van der Waals surface area (Å²) in [4.78, 5) is 17.6. The number of guanidine groups is 1. The zero-order chi connectivity index (χ0) is 21.1. The number of hydrogen-bond donors (Lipinski definition) is 2. The molecule has 0 bridgehead atoms. The number of ether oxygens (including phenoxy) is 2. The monoisotopic (exact) mass is 526 g/mol. The van der Waals surface area contributed by atoms with Gasteiger partial charge in [0.2, 0.25) is 5.91 Å². The fourth-order valence-corrected chi connectivity index (χ4v) is 2.07. The van der Waals surface area contributed by atoms with Crippen molar-refractivity contribution in [3.05, 3.63) is 35.9 Å². The highest BCUT2D eigenvalue weighted by Gasteiger charge is 2.16. The summed E-state index contributed by atoms with van der Waals surface area (Å²) in [6.45, 7) is 5.26. The van der Waals surface area contributed by atoms with Gasteiger partial charge in [0, 0.05) is 26.2 Å². The van der Waals surface area contributed by atoms with Crippen LogP contribution in [0.5, 0.6) is 11.5 Å². The van der Waals surface area contributed by atoms with Crippen LogP contribution in [0, 0.1) is 0 Å². The Morgan fingerprint density at radius 1 is 1.28 bits per heavy atom. The van der Waals surface area contributed by atoms with E-state index in [-0.39, 0.29) is 54.5 Å². The van der Waals surface area contributed by atoms with Crippen LogP contribution >= 0.6 is 24.0 Å². The molecule has 1 amide bonds. The number of benzene rings is 1. The molecule has 0 saturated heterocycles. The number of alkyl halides is 2. The summed E-state index contributed by atoms with van der Waals surface area (Å²) >= 11 is 0. The van der Waals surface area contributed by atoms with E-state index in [2.05, 4.69) is 26.9 Å². The first-order valence-corrected chi connectivity index (χ1v) is 8.80. The van der Waals surface area contributed by atoms with Gasteiger partial charge < -0.3 is 25.0 Å². The molecule has 0 fully saturated rings. The minimum atomic E-state index is -2.99. The Hall–Kier alpha value is -2.11. The highest BCUT2D eigenvalue weighted by molar-refractivity contribution is 14.0. The normalized spacial score (nSPS) is 10.8. The van der Waals surface area contributed by atoms with Crippen LogP contribution in [0.1, 0.15) is 19.4 Å². The van der Waals surface area contributed by atoms with Crippen molar-refractivity contribution < 1.29 is 23.0 Å². The lowest BCUT2D eigenvalue weighted by Crippen LogP contribution is -2.43. The van der Waals surface area contributed by atoms with E-state index in [9.17, 15) is 13.6 Å². The first-order chi connectivity index (χ1) is 13.2. The predicted molar refractivity (Wildman–Crippen MR) is 120 cm³/mol. The predicted octanol–water partition coefficient (Wildman–Crippen LogP) is 3.00. The second-order valence-electron chi connectivity index (χ2n) is 6.17. The van der Waals surface area contributed by atoms with Gasteiger partial charge in [-0.15, -0.1) is 24.0 Å². The maximum Gasteiger partial charge on any atom is 0.387 e. The number of aliphatic imine (C=N–C) groups is 1. The van der Waals surface area contributed by atoms with Gasteiger partial charge in [-0.2, -0.15) is 8.78 Å². The average molecular weight is 526 g/mol. The maximum absolute atomic E-state index is 12.8. The van der Waals surface area contributed by atoms with Crippen molar-refractivity contribution in [3.8, 4) is 11.5 Å². The highest BCUT2D eigenvalue weighted by Crippen LogP contribution is 2.33. The number of nitrogens with zero attached hydrogens (tertiary/aromatic N) is 2. The number of carbonyl (C=O) groups excluding carboxylic acids is 1. The molecule has 0 aromatic heterocycles. The van der Waals surface area contributed by atoms with Gasteiger partial charge >= 0.3 is 6.61 Å². The Morgan fingerprint density at radius 3 is 2.48 bits per heavy atom. The molecule has 0 radical (unpaired) electrons. The van der Waals surface area contributed by atoms with Crippen molar-refractivity contribution in [2.75, 3.05) is 33.8 Å². The van der Waals surface area contributed by atoms with Gasteiger partial charge in [0.05, 0.1) is 19.7 Å². The molecular formula is C19H29F2IN4O3. The van der Waals surface area contributed by atoms with Gasteiger partial charge in [0.25, 0.3) is 0 Å². The fraction of sp³-hybridized carbons (Fsp3) is 0.474. The van der Waals surface area contributed by atoms with Gasteiger partial charge in [-0.1, -0.05) is 24.3 Å². The maximum atomic E-state index is 12.8. The zero-order valence-electron chi connectivity index (χ0n) is 17.1. The molecule has 1 aromatic carbocycles. The Labute approximate surface area is 187 Å². The number of carbonyl (C=O) groups is 1. The molecule has 0 spiro atoms. The lowest BCUT2D eigenvalue weighted by molar-refractivity contribution is -0.127. The van der Waals surface area contributed by atoms with Crippen LogP contribution in [-0.4, -0.2) is 57.2 Å². The first-order valence-electron chi connectivity index (χ1n) is 8.80. The van der Waals surface area contributed by atoms with Gasteiger partial charge in [0.1, 0.15) is 0 Å². The van der Waals surface area contributed by atoms with E-state index in [1.54, 1.807) is 39.2 Å². The van der Waals surface area contributed by atoms with Gasteiger partial charge in [-0.05, 0) is 19.9 Å². The summed E-state index contributed by atoms with van der Waals surface area (Å²) in [6, 6.07) is 4.87. The molecule has 164 valence electrons. The summed E-state index contributed by atoms with van der Waals surface area (Å²) in [5.74, 6) is 0.391. The summed E-state index contributed by atoms with van der Waals surface area (Å²) in [6.07, 6.45) is 0. The Kier molecular flexibility index (Phi) is 12.9. The molecule has 0 heterocycles. The van der Waals surface area contributed by atoms with E-state index in [0.717, 1.165) is 5.57 Å². The van der Waals surface area contributed by atoms with Crippen molar-refractivity contribution in [1.29, 1.82) is 0 Å². The van der Waals surface area contributed by atoms with E-state index in [1.807, 2.05) is 6.92 Å². The lowest BCUT2D eigenvalue weighted by atomic mass is 10.2. The SMILES string of the molecule is C=C(C)CNC(=NCc1cccc(OCC)c1OC(F)F)NCC(=O)N(C)C.I. The molecule has 29 heavy (non-hydrogen) atoms. The number of likely N-dealkylation sites (N-methyl/N-ethyl adjacent to an activating group) is 1. The molecule has 0 saturated carbocycles. The Morgan fingerprint density at radius 2 is 1.93 bits per heavy atom. The summed E-state index contributed by atoms with van der Waals surface area (Å²) in [5.41, 5.74) is 1.30. The average Bonchev–Trinajstić information content (AvgIpc) is 2.62. The quantitative estimate of drug-likeness (QED) is 0.212. The van der Waals surface area contributed by atoms with Crippen molar-refractivity contribution >= 4 is 35.8 Å². The molecule has 1 rings (SSSR count). The zero-order valence-corrected chi connectivity index (χ0v) is 19.5. The molecule has 0 aliphatic carbocycles. The molecule has 0 aliphatic heterocycles. The highest BCUT2D eigenvalue weighted by atomic mass is 127. The number of halogens is 3. The van der Waals surface area contributed by atoms with E-state index in [1.165, 1.54) is 4.90 Å². The minimum Gasteiger partial charge on any atom is -0.490 e. The topological polar surface area (TPSA) is 75.2 Å². The van der Waals surface area contributed by atoms with Crippen LogP contribution in [0.4, 0.5) is 8.78 Å². The van der Waals surface area contributed by atoms with Crippen molar-refractivity contribution in [2.45, 2.75) is 27.0 Å². The molecule has 2 N–H and O–H groups in total. The number of amides is 1. The second-order valence-corrected chi connectivity index (χ2v) is 6.17. The molecule has 1 aromatic rings. The van der Waals surface area contributed by atoms with Gasteiger partial charge in [-0.25, -0.2) is 4.99 Å². The molecule has 0 unspecified atom stereocenters. The Balaban J connectivity index is 0.00000784. The van der Waals surface area contributed by atoms with Gasteiger partial charge in [0.15, 0.2) is 17.5 Å². The summed E-state index contributed by atoms with van der Waals surface area (Å²) in [5, 5.41) is 5.94. The van der Waals surface area contributed by atoms with Crippen LogP contribution in [0.2, 0.25) is 0 Å². The van der Waals surface area contributed by atoms with Crippen molar-refractivity contribution in [3.63, 3.8) is 0 Å². The van der Waals surface area contributed by atoms with Crippen LogP contribution < -0.4 is 20.1 Å². The molecule has 0 aliphatic rings. The smallest absolute Gasteiger partial charge is 0.387 e. The van der Waals surface area contributed by atoms with E-state index in [0.29, 0.717) is 24.7 Å². The minimum absolute atomic E-state index is 0. The number of rotatable bonds is 10. The summed E-state index contributed by atoms with van der Waals surface area (Å²) < 4.78 is 35.7. The fourth-order valence-electron chi connectivity index (χ4n) is 2.07. The van der Waals surface area contributed by atoms with Crippen LogP contribution in [0.3, 0.4) is 0 Å². The van der Waals surface area contributed by atoms with Crippen molar-refractivity contribution in [2.24, 2.45) is 4.99 Å². The van der Waals surface area contributed by atoms with Crippen LogP contribution in [0.25, 0.3) is 0 Å². The molecule has 0 atom stereocenters. The third-order valence-corrected chi connectivity index (χ3v) is 3.44. The summed E-state index contributed by atoms with van der Waals surface area (Å²) in [7, 11) is 3.30. The Bertz CT molecular complexity index is 700. The lowest BCUT2D eigenvalue weighted by Gasteiger charge is -2.16. The third kappa shape index (κ3) is 10.3. The number of hydrogen-bond acceptors (Lipinski definition) is 4. The molecule has 7 nitrogen and oxygen atoms in total. The van der Waals surface area contributed by atoms with Crippen LogP contribution in [-0.2, 0) is 11.3 Å². The largest absolute Gasteiger partial charge is 0.490 e. The van der Waals surface area contributed by atoms with E-state index in [4.69, 9.17) is 4.74 Å². The number of para-hydroxylation sites is 1. The third-order valence-electron chi connectivity index (χ3n) is 3.44. The van der Waals surface area contributed by atoms with E-state index < -0.39 is 6.61 Å². The molecular weight excluding hydrogens is 497 g/mol. The van der Waals surface area contributed by atoms with Crippen LogP contribution in [0.15, 0.2) is 35.3 Å². The van der Waals surface area contributed by atoms with Gasteiger partial charge in [-0.3, -0.25) is 4.79 Å². The first kappa shape index (κ1) is 26.9. The molecule has 10 heteroatoms. The number of nitrogens with one attached hydrogen (secondary N) is 2.